The second-order valence-corrected chi connectivity index (χ2v) is 6.42. The fraction of sp³-hybridized carbons (Fsp3) is 0.200. The monoisotopic (exact) mass is 346 g/mol. The van der Waals surface area contributed by atoms with Crippen molar-refractivity contribution in [3.63, 3.8) is 0 Å². The van der Waals surface area contributed by atoms with Crippen LogP contribution in [0.3, 0.4) is 0 Å². The first kappa shape index (κ1) is 16.0. The van der Waals surface area contributed by atoms with E-state index in [-0.39, 0.29) is 23.5 Å². The van der Waals surface area contributed by atoms with Gasteiger partial charge in [-0.3, -0.25) is 0 Å². The van der Waals surface area contributed by atoms with Gasteiger partial charge < -0.3 is 15.6 Å². The van der Waals surface area contributed by atoms with Crippen LogP contribution in [0.5, 0.6) is 5.75 Å². The Kier molecular flexibility index (Phi) is 3.77. The number of phenolic OH excluding ortho intramolecular Hbond substituents is 1. The first-order valence-corrected chi connectivity index (χ1v) is 8.35. The van der Waals surface area contributed by atoms with E-state index >= 15 is 0 Å². The Bertz CT molecular complexity index is 946. The van der Waals surface area contributed by atoms with E-state index < -0.39 is 6.23 Å². The Morgan fingerprint density at radius 3 is 2.65 bits per heavy atom. The number of anilines is 1. The van der Waals surface area contributed by atoms with Crippen LogP contribution in [0.1, 0.15) is 18.4 Å². The molecule has 2 aliphatic heterocycles. The highest BCUT2D eigenvalue weighted by Crippen LogP contribution is 2.46. The van der Waals surface area contributed by atoms with E-state index in [0.29, 0.717) is 5.57 Å². The Hall–Kier alpha value is -3.46. The van der Waals surface area contributed by atoms with Crippen molar-refractivity contribution in [1.29, 1.82) is 5.26 Å². The van der Waals surface area contributed by atoms with E-state index in [0.717, 1.165) is 17.0 Å². The average molecular weight is 346 g/mol. The molecule has 3 N–H and O–H groups in total. The molecule has 26 heavy (non-hydrogen) atoms. The lowest BCUT2D eigenvalue weighted by Gasteiger charge is -2.37. The molecule has 3 atom stereocenters. The number of nitrogens with two attached hydrogens (primary N) is 1. The van der Waals surface area contributed by atoms with E-state index in [1.807, 2.05) is 43.3 Å². The number of para-hydroxylation sites is 1. The minimum absolute atomic E-state index is 0.105. The SMILES string of the molecule is CC1=NN(c2ccccc2)C2OC(N)=C(C#N)C(c3cccc(O)c3)C12. The van der Waals surface area contributed by atoms with Crippen molar-refractivity contribution in [2.75, 3.05) is 5.01 Å². The summed E-state index contributed by atoms with van der Waals surface area (Å²) in [6.07, 6.45) is -0.443. The third-order valence-corrected chi connectivity index (χ3v) is 4.85. The molecule has 0 spiro atoms. The molecule has 2 aromatic carbocycles. The molecule has 0 fully saturated rings. The lowest BCUT2D eigenvalue weighted by atomic mass is 9.76. The van der Waals surface area contributed by atoms with Gasteiger partial charge in [0.1, 0.15) is 11.8 Å². The number of ether oxygens (including phenoxy) is 1. The molecular formula is C20H18N4O2. The summed E-state index contributed by atoms with van der Waals surface area (Å²) >= 11 is 0. The average Bonchev–Trinajstić information content (AvgIpc) is 2.97. The lowest BCUT2D eigenvalue weighted by Crippen LogP contribution is -2.43. The van der Waals surface area contributed by atoms with Gasteiger partial charge in [0, 0.05) is 11.6 Å². The number of aromatic hydroxyl groups is 1. The third kappa shape index (κ3) is 2.45. The number of nitrogens with zero attached hydrogens (tertiary/aromatic N) is 3. The molecule has 130 valence electrons. The summed E-state index contributed by atoms with van der Waals surface area (Å²) in [5, 5.41) is 26.0. The quantitative estimate of drug-likeness (QED) is 0.871. The Morgan fingerprint density at radius 1 is 1.19 bits per heavy atom. The van der Waals surface area contributed by atoms with Gasteiger partial charge in [-0.2, -0.15) is 10.4 Å². The second-order valence-electron chi connectivity index (χ2n) is 6.42. The number of benzene rings is 2. The molecule has 4 rings (SSSR count). The molecule has 2 aromatic rings. The molecule has 0 aliphatic carbocycles. The zero-order valence-electron chi connectivity index (χ0n) is 14.2. The van der Waals surface area contributed by atoms with Crippen LogP contribution in [-0.2, 0) is 4.74 Å². The highest BCUT2D eigenvalue weighted by Gasteiger charge is 2.48. The Balaban J connectivity index is 1.83. The maximum absolute atomic E-state index is 9.90. The van der Waals surface area contributed by atoms with Gasteiger partial charge in [-0.25, -0.2) is 5.01 Å². The van der Waals surface area contributed by atoms with Crippen LogP contribution < -0.4 is 10.7 Å². The number of hydrogen-bond donors (Lipinski definition) is 2. The number of allylic oxidation sites excluding steroid dienone is 1. The number of hydrazone groups is 1. The van der Waals surface area contributed by atoms with Crippen LogP contribution >= 0.6 is 0 Å². The van der Waals surface area contributed by atoms with Crippen molar-refractivity contribution >= 4 is 11.4 Å². The third-order valence-electron chi connectivity index (χ3n) is 4.85. The van der Waals surface area contributed by atoms with Crippen LogP contribution in [-0.4, -0.2) is 17.0 Å². The fourth-order valence-corrected chi connectivity index (χ4v) is 3.71. The molecule has 6 heteroatoms. The standard InChI is InChI=1S/C20H18N4O2/c1-12-17-18(13-6-5-9-15(25)10-13)16(11-21)19(22)26-20(17)24(23-12)14-7-3-2-4-8-14/h2-10,17-18,20,25H,22H2,1H3. The summed E-state index contributed by atoms with van der Waals surface area (Å²) in [6, 6.07) is 18.8. The number of fused-ring (bicyclic) bond motifs is 1. The van der Waals surface area contributed by atoms with Gasteiger partial charge in [0.25, 0.3) is 0 Å². The number of phenols is 1. The molecule has 0 aromatic heterocycles. The molecule has 6 nitrogen and oxygen atoms in total. The molecule has 2 heterocycles. The van der Waals surface area contributed by atoms with E-state index in [2.05, 4.69) is 11.2 Å². The zero-order chi connectivity index (χ0) is 18.3. The van der Waals surface area contributed by atoms with Gasteiger partial charge in [0.05, 0.1) is 17.2 Å². The minimum Gasteiger partial charge on any atom is -0.508 e. The zero-order valence-corrected chi connectivity index (χ0v) is 14.2. The summed E-state index contributed by atoms with van der Waals surface area (Å²) in [4.78, 5) is 0. The Morgan fingerprint density at radius 2 is 1.96 bits per heavy atom. The lowest BCUT2D eigenvalue weighted by molar-refractivity contribution is 0.0662. The van der Waals surface area contributed by atoms with Crippen molar-refractivity contribution in [2.24, 2.45) is 16.8 Å². The van der Waals surface area contributed by atoms with E-state index in [1.54, 1.807) is 23.2 Å². The first-order chi connectivity index (χ1) is 12.6. The van der Waals surface area contributed by atoms with Crippen molar-refractivity contribution in [1.82, 2.24) is 0 Å². The summed E-state index contributed by atoms with van der Waals surface area (Å²) in [7, 11) is 0. The van der Waals surface area contributed by atoms with Gasteiger partial charge in [0.2, 0.25) is 12.1 Å². The van der Waals surface area contributed by atoms with E-state index in [1.165, 1.54) is 0 Å². The van der Waals surface area contributed by atoms with Crippen LogP contribution in [0.15, 0.2) is 71.2 Å². The van der Waals surface area contributed by atoms with Gasteiger partial charge in [-0.1, -0.05) is 30.3 Å². The van der Waals surface area contributed by atoms with Crippen LogP contribution in [0, 0.1) is 17.2 Å². The molecule has 2 aliphatic rings. The van der Waals surface area contributed by atoms with Crippen molar-refractivity contribution in [2.45, 2.75) is 19.1 Å². The predicted molar refractivity (Wildman–Crippen MR) is 98.1 cm³/mol. The Labute approximate surface area is 151 Å². The van der Waals surface area contributed by atoms with Crippen molar-refractivity contribution in [3.8, 4) is 11.8 Å². The van der Waals surface area contributed by atoms with Crippen LogP contribution in [0.2, 0.25) is 0 Å². The molecule has 0 saturated heterocycles. The predicted octanol–water partition coefficient (Wildman–Crippen LogP) is 3.04. The summed E-state index contributed by atoms with van der Waals surface area (Å²) < 4.78 is 5.92. The molecule has 0 bridgehead atoms. The molecular weight excluding hydrogens is 328 g/mol. The minimum atomic E-state index is -0.443. The molecule has 0 saturated carbocycles. The highest BCUT2D eigenvalue weighted by molar-refractivity contribution is 5.90. The fourth-order valence-electron chi connectivity index (χ4n) is 3.71. The van der Waals surface area contributed by atoms with Gasteiger partial charge in [-0.05, 0) is 36.8 Å². The maximum atomic E-state index is 9.90. The maximum Gasteiger partial charge on any atom is 0.202 e. The second kappa shape index (κ2) is 6.12. The van der Waals surface area contributed by atoms with Gasteiger partial charge in [-0.15, -0.1) is 0 Å². The van der Waals surface area contributed by atoms with Gasteiger partial charge >= 0.3 is 0 Å². The van der Waals surface area contributed by atoms with Crippen molar-refractivity contribution < 1.29 is 9.84 Å². The topological polar surface area (TPSA) is 94.9 Å². The van der Waals surface area contributed by atoms with Crippen molar-refractivity contribution in [3.05, 3.63) is 71.6 Å². The normalized spacial score (nSPS) is 24.5. The smallest absolute Gasteiger partial charge is 0.202 e. The number of nitriles is 1. The van der Waals surface area contributed by atoms with E-state index in [9.17, 15) is 10.4 Å². The molecule has 3 unspecified atom stereocenters. The van der Waals surface area contributed by atoms with Crippen LogP contribution in [0.25, 0.3) is 0 Å². The van der Waals surface area contributed by atoms with E-state index in [4.69, 9.17) is 10.5 Å². The largest absolute Gasteiger partial charge is 0.508 e. The number of hydrogen-bond acceptors (Lipinski definition) is 6. The summed E-state index contributed by atoms with van der Waals surface area (Å²) in [5.41, 5.74) is 9.01. The number of rotatable bonds is 2. The first-order valence-electron chi connectivity index (χ1n) is 8.35. The summed E-state index contributed by atoms with van der Waals surface area (Å²) in [5.74, 6) is -0.260. The van der Waals surface area contributed by atoms with Gasteiger partial charge in [0.15, 0.2) is 0 Å². The summed E-state index contributed by atoms with van der Waals surface area (Å²) in [6.45, 7) is 1.93. The van der Waals surface area contributed by atoms with Crippen LogP contribution in [0.4, 0.5) is 5.69 Å². The highest BCUT2D eigenvalue weighted by atomic mass is 16.5. The molecule has 0 amide bonds. The molecule has 0 radical (unpaired) electrons.